The van der Waals surface area contributed by atoms with Gasteiger partial charge >= 0.3 is 5.97 Å². The largest absolute Gasteiger partial charge is 0.480 e. The maximum atomic E-state index is 12.6. The molecule has 2 N–H and O–H groups in total. The lowest BCUT2D eigenvalue weighted by Gasteiger charge is -2.26. The first kappa shape index (κ1) is 15.8. The Morgan fingerprint density at radius 1 is 1.43 bits per heavy atom. The topological polar surface area (TPSA) is 86.7 Å². The summed E-state index contributed by atoms with van der Waals surface area (Å²) in [6.07, 6.45) is 0.699. The minimum absolute atomic E-state index is 0.120. The van der Waals surface area contributed by atoms with Gasteiger partial charge in [0.05, 0.1) is 15.3 Å². The van der Waals surface area contributed by atoms with E-state index in [1.54, 1.807) is 12.1 Å². The third-order valence-corrected chi connectivity index (χ3v) is 5.52. The second-order valence-electron chi connectivity index (χ2n) is 4.61. The third-order valence-electron chi connectivity index (χ3n) is 3.08. The highest BCUT2D eigenvalue weighted by atomic mass is 32.2. The number of rotatable bonds is 4. The molecule has 0 aliphatic carbocycles. The molecule has 2 rings (SSSR count). The van der Waals surface area contributed by atoms with Crippen molar-refractivity contribution in [2.24, 2.45) is 0 Å². The molecule has 2 unspecified atom stereocenters. The first-order chi connectivity index (χ1) is 9.93. The van der Waals surface area contributed by atoms with Crippen LogP contribution in [0.15, 0.2) is 12.1 Å². The summed E-state index contributed by atoms with van der Waals surface area (Å²) in [4.78, 5) is 36.8. The van der Waals surface area contributed by atoms with E-state index >= 15 is 0 Å². The number of nitrogens with one attached hydrogen (secondary N) is 1. The smallest absolute Gasteiger partial charge is 0.327 e. The number of aliphatic carboxylic acids is 1. The molecular weight excluding hydrogens is 312 g/mol. The third kappa shape index (κ3) is 3.38. The fourth-order valence-corrected chi connectivity index (χ4v) is 4.40. The highest BCUT2D eigenvalue weighted by Crippen LogP contribution is 2.34. The van der Waals surface area contributed by atoms with E-state index in [1.807, 2.05) is 6.92 Å². The van der Waals surface area contributed by atoms with Crippen LogP contribution in [0.1, 0.15) is 29.9 Å². The second-order valence-corrected chi connectivity index (χ2v) is 6.90. The standard InChI is InChI=1S/C13H16N2O4S2/c1-3-11-15(8(6-20-11)13(18)19)12(17)9-4-5-10(21-9)14-7(2)16/h4-5,8,11H,3,6H2,1-2H3,(H,14,16)(H,18,19). The quantitative estimate of drug-likeness (QED) is 0.884. The van der Waals surface area contributed by atoms with Crippen molar-refractivity contribution in [3.05, 3.63) is 17.0 Å². The first-order valence-electron chi connectivity index (χ1n) is 6.48. The van der Waals surface area contributed by atoms with Crippen LogP contribution in [0.4, 0.5) is 5.00 Å². The van der Waals surface area contributed by atoms with Crippen molar-refractivity contribution < 1.29 is 19.5 Å². The van der Waals surface area contributed by atoms with Crippen molar-refractivity contribution in [2.75, 3.05) is 11.1 Å². The van der Waals surface area contributed by atoms with Crippen molar-refractivity contribution in [1.82, 2.24) is 4.90 Å². The molecule has 114 valence electrons. The van der Waals surface area contributed by atoms with E-state index in [1.165, 1.54) is 23.6 Å². The van der Waals surface area contributed by atoms with Gasteiger partial charge in [-0.2, -0.15) is 0 Å². The average molecular weight is 328 g/mol. The number of hydrogen-bond acceptors (Lipinski definition) is 5. The van der Waals surface area contributed by atoms with Crippen molar-refractivity contribution in [3.63, 3.8) is 0 Å². The Balaban J connectivity index is 2.22. The Morgan fingerprint density at radius 3 is 2.71 bits per heavy atom. The lowest BCUT2D eigenvalue weighted by molar-refractivity contribution is -0.141. The van der Waals surface area contributed by atoms with Crippen molar-refractivity contribution in [1.29, 1.82) is 0 Å². The van der Waals surface area contributed by atoms with Gasteiger partial charge in [0.25, 0.3) is 5.91 Å². The van der Waals surface area contributed by atoms with Gasteiger partial charge in [-0.05, 0) is 18.6 Å². The summed E-state index contributed by atoms with van der Waals surface area (Å²) in [5.74, 6) is -1.07. The molecule has 0 bridgehead atoms. The van der Waals surface area contributed by atoms with Gasteiger partial charge in [0, 0.05) is 12.7 Å². The zero-order valence-corrected chi connectivity index (χ0v) is 13.3. The number of carboxylic acid groups (broad SMARTS) is 1. The molecule has 2 atom stereocenters. The first-order valence-corrected chi connectivity index (χ1v) is 8.35. The van der Waals surface area contributed by atoms with E-state index in [9.17, 15) is 19.5 Å². The van der Waals surface area contributed by atoms with Gasteiger partial charge in [-0.3, -0.25) is 9.59 Å². The summed E-state index contributed by atoms with van der Waals surface area (Å²) >= 11 is 2.64. The molecule has 1 fully saturated rings. The minimum Gasteiger partial charge on any atom is -0.480 e. The molecular formula is C13H16N2O4S2. The monoisotopic (exact) mass is 328 g/mol. The Hall–Kier alpha value is -1.54. The predicted octanol–water partition coefficient (Wildman–Crippen LogP) is 2.08. The van der Waals surface area contributed by atoms with Crippen molar-refractivity contribution in [2.45, 2.75) is 31.7 Å². The maximum absolute atomic E-state index is 12.6. The zero-order chi connectivity index (χ0) is 15.6. The fourth-order valence-electron chi connectivity index (χ4n) is 2.16. The van der Waals surface area contributed by atoms with Gasteiger partial charge in [-0.1, -0.05) is 6.92 Å². The fraction of sp³-hybridized carbons (Fsp3) is 0.462. The van der Waals surface area contributed by atoms with Crippen LogP contribution in [0.3, 0.4) is 0 Å². The van der Waals surface area contributed by atoms with E-state index in [2.05, 4.69) is 5.32 Å². The maximum Gasteiger partial charge on any atom is 0.327 e. The van der Waals surface area contributed by atoms with Crippen LogP contribution in [0.2, 0.25) is 0 Å². The second kappa shape index (κ2) is 6.48. The van der Waals surface area contributed by atoms with Crippen LogP contribution in [0, 0.1) is 0 Å². The molecule has 0 spiro atoms. The van der Waals surface area contributed by atoms with E-state index in [-0.39, 0.29) is 17.2 Å². The molecule has 1 aromatic rings. The van der Waals surface area contributed by atoms with E-state index in [0.29, 0.717) is 22.1 Å². The number of carboxylic acids is 1. The van der Waals surface area contributed by atoms with Gasteiger partial charge in [-0.15, -0.1) is 23.1 Å². The van der Waals surface area contributed by atoms with Crippen LogP contribution >= 0.6 is 23.1 Å². The number of carbonyl (C=O) groups excluding carboxylic acids is 2. The number of nitrogens with zero attached hydrogens (tertiary/aromatic N) is 1. The molecule has 8 heteroatoms. The summed E-state index contributed by atoms with van der Waals surface area (Å²) in [5.41, 5.74) is 0. The number of thiophene rings is 1. The molecule has 2 amide bonds. The number of anilines is 1. The highest BCUT2D eigenvalue weighted by molar-refractivity contribution is 8.00. The Morgan fingerprint density at radius 2 is 2.14 bits per heavy atom. The molecule has 0 aromatic carbocycles. The van der Waals surface area contributed by atoms with E-state index in [4.69, 9.17) is 0 Å². The number of amides is 2. The molecule has 1 aromatic heterocycles. The molecule has 1 saturated heterocycles. The van der Waals surface area contributed by atoms with Crippen LogP contribution in [-0.4, -0.2) is 45.0 Å². The van der Waals surface area contributed by atoms with Crippen LogP contribution in [0.25, 0.3) is 0 Å². The highest BCUT2D eigenvalue weighted by Gasteiger charge is 2.41. The van der Waals surface area contributed by atoms with E-state index in [0.717, 1.165) is 11.3 Å². The SMILES string of the molecule is CCC1SCC(C(=O)O)N1C(=O)c1ccc(NC(C)=O)s1. The normalized spacial score (nSPS) is 21.3. The van der Waals surface area contributed by atoms with Gasteiger partial charge in [-0.25, -0.2) is 4.79 Å². The average Bonchev–Trinajstić information content (AvgIpc) is 3.02. The Labute approximate surface area is 130 Å². The van der Waals surface area contributed by atoms with E-state index < -0.39 is 12.0 Å². The Kier molecular flexibility index (Phi) is 4.89. The summed E-state index contributed by atoms with van der Waals surface area (Å²) in [7, 11) is 0. The summed E-state index contributed by atoms with van der Waals surface area (Å²) < 4.78 is 0. The Bertz CT molecular complexity index is 572. The van der Waals surface area contributed by atoms with Crippen molar-refractivity contribution in [3.8, 4) is 0 Å². The molecule has 2 heterocycles. The lowest BCUT2D eigenvalue weighted by Crippen LogP contribution is -2.45. The molecule has 21 heavy (non-hydrogen) atoms. The van der Waals surface area contributed by atoms with Gasteiger partial charge in [0.2, 0.25) is 5.91 Å². The summed E-state index contributed by atoms with van der Waals surface area (Å²) in [6, 6.07) is 2.48. The van der Waals surface area contributed by atoms with Crippen molar-refractivity contribution >= 4 is 45.9 Å². The molecule has 6 nitrogen and oxygen atoms in total. The minimum atomic E-state index is -0.981. The van der Waals surface area contributed by atoms with Crippen LogP contribution in [0.5, 0.6) is 0 Å². The molecule has 0 radical (unpaired) electrons. The van der Waals surface area contributed by atoms with Crippen LogP contribution < -0.4 is 5.32 Å². The predicted molar refractivity (Wildman–Crippen MR) is 82.8 cm³/mol. The zero-order valence-electron chi connectivity index (χ0n) is 11.7. The number of carbonyl (C=O) groups is 3. The number of thioether (sulfide) groups is 1. The number of hydrogen-bond donors (Lipinski definition) is 2. The summed E-state index contributed by atoms with van der Waals surface area (Å²) in [5, 5.41) is 12.3. The molecule has 0 saturated carbocycles. The van der Waals surface area contributed by atoms with Gasteiger partial charge < -0.3 is 15.3 Å². The van der Waals surface area contributed by atoms with Gasteiger partial charge in [0.1, 0.15) is 6.04 Å². The van der Waals surface area contributed by atoms with Gasteiger partial charge in [0.15, 0.2) is 0 Å². The molecule has 1 aliphatic rings. The van der Waals surface area contributed by atoms with Crippen LogP contribution in [-0.2, 0) is 9.59 Å². The molecule has 1 aliphatic heterocycles. The summed E-state index contributed by atoms with van der Waals surface area (Å²) in [6.45, 7) is 3.32. The lowest BCUT2D eigenvalue weighted by atomic mass is 10.2.